The van der Waals surface area contributed by atoms with E-state index in [2.05, 4.69) is 26.0 Å². The van der Waals surface area contributed by atoms with E-state index in [1.165, 1.54) is 12.1 Å². The maximum atomic E-state index is 13.5. The van der Waals surface area contributed by atoms with Crippen LogP contribution in [0, 0.1) is 11.6 Å². The van der Waals surface area contributed by atoms with Crippen molar-refractivity contribution in [1.29, 1.82) is 0 Å². The zero-order valence-electron chi connectivity index (χ0n) is 12.0. The third-order valence-corrected chi connectivity index (χ3v) is 4.53. The van der Waals surface area contributed by atoms with Gasteiger partial charge in [0.05, 0.1) is 17.6 Å². The molecule has 0 bridgehead atoms. The monoisotopic (exact) mass is 375 g/mol. The number of nitrogens with zero attached hydrogens (tertiary/aromatic N) is 3. The summed E-state index contributed by atoms with van der Waals surface area (Å²) in [6, 6.07) is 5.60. The predicted molar refractivity (Wildman–Crippen MR) is 85.6 cm³/mol. The Morgan fingerprint density at radius 1 is 1.09 bits per heavy atom. The molecule has 4 rings (SSSR count). The van der Waals surface area contributed by atoms with Gasteiger partial charge < -0.3 is 0 Å². The number of pyridine rings is 1. The molecule has 116 valence electrons. The largest absolute Gasteiger partial charge is 0.261 e. The molecule has 2 aromatic heterocycles. The molecular formula is C17H12BrF2N3. The number of rotatable bonds is 2. The highest BCUT2D eigenvalue weighted by molar-refractivity contribution is 9.10. The zero-order chi connectivity index (χ0) is 16.0. The number of aromatic nitrogens is 3. The van der Waals surface area contributed by atoms with Gasteiger partial charge in [-0.25, -0.2) is 13.5 Å². The lowest BCUT2D eigenvalue weighted by Crippen LogP contribution is -2.03. The van der Waals surface area contributed by atoms with E-state index in [-0.39, 0.29) is 5.92 Å². The highest BCUT2D eigenvalue weighted by atomic mass is 79.9. The van der Waals surface area contributed by atoms with Crippen molar-refractivity contribution in [1.82, 2.24) is 14.8 Å². The molecule has 0 amide bonds. The van der Waals surface area contributed by atoms with Crippen LogP contribution in [0.25, 0.3) is 5.69 Å². The van der Waals surface area contributed by atoms with E-state index in [9.17, 15) is 8.78 Å². The van der Waals surface area contributed by atoms with Crippen molar-refractivity contribution in [3.05, 3.63) is 75.8 Å². The van der Waals surface area contributed by atoms with E-state index in [1.54, 1.807) is 17.1 Å². The van der Waals surface area contributed by atoms with Crippen molar-refractivity contribution in [2.75, 3.05) is 0 Å². The minimum atomic E-state index is -0.552. The fraction of sp³-hybridized carbons (Fsp3) is 0.176. The molecular weight excluding hydrogens is 364 g/mol. The maximum Gasteiger partial charge on any atom is 0.126 e. The van der Waals surface area contributed by atoms with Crippen LogP contribution >= 0.6 is 15.9 Å². The van der Waals surface area contributed by atoms with Crippen LogP contribution in [-0.2, 0) is 6.42 Å². The van der Waals surface area contributed by atoms with Gasteiger partial charge in [-0.15, -0.1) is 0 Å². The van der Waals surface area contributed by atoms with Crippen molar-refractivity contribution in [3.63, 3.8) is 0 Å². The Hall–Kier alpha value is -2.08. The third kappa shape index (κ3) is 2.67. The van der Waals surface area contributed by atoms with Gasteiger partial charge in [-0.3, -0.25) is 4.98 Å². The summed E-state index contributed by atoms with van der Waals surface area (Å²) in [5.74, 6) is -1.18. The molecule has 0 unspecified atom stereocenters. The number of fused-ring (bicyclic) bond motifs is 1. The Bertz CT molecular complexity index is 871. The molecule has 0 saturated heterocycles. The number of halogens is 3. The standard InChI is InChI=1S/C17H12BrF2N3/c18-12-5-15(8-21-7-12)23-9-10-1-2-16(17(10)22-23)11-3-13(19)6-14(20)4-11/h3-9,16H,1-2H2/t16-/m1/s1. The van der Waals surface area contributed by atoms with Crippen LogP contribution in [0.5, 0.6) is 0 Å². The van der Waals surface area contributed by atoms with Gasteiger partial charge in [0.2, 0.25) is 0 Å². The SMILES string of the molecule is Fc1cc(F)cc([C@H]2CCc3cn(-c4cncc(Br)c4)nc32)c1. The molecule has 0 fully saturated rings. The highest BCUT2D eigenvalue weighted by Crippen LogP contribution is 2.38. The minimum Gasteiger partial charge on any atom is -0.261 e. The Kier molecular flexibility index (Phi) is 3.49. The summed E-state index contributed by atoms with van der Waals surface area (Å²) in [6.45, 7) is 0. The van der Waals surface area contributed by atoms with E-state index in [4.69, 9.17) is 0 Å². The fourth-order valence-corrected chi connectivity index (χ4v) is 3.46. The predicted octanol–water partition coefficient (Wildman–Crippen LogP) is 4.39. The molecule has 3 nitrogen and oxygen atoms in total. The van der Waals surface area contributed by atoms with Crippen LogP contribution in [0.15, 0.2) is 47.3 Å². The second kappa shape index (κ2) is 5.53. The van der Waals surface area contributed by atoms with Gasteiger partial charge in [0.25, 0.3) is 0 Å². The lowest BCUT2D eigenvalue weighted by atomic mass is 9.97. The summed E-state index contributed by atoms with van der Waals surface area (Å²) in [7, 11) is 0. The van der Waals surface area contributed by atoms with E-state index >= 15 is 0 Å². The Morgan fingerprint density at radius 3 is 2.61 bits per heavy atom. The van der Waals surface area contributed by atoms with E-state index in [1.807, 2.05) is 12.3 Å². The van der Waals surface area contributed by atoms with Gasteiger partial charge in [0, 0.05) is 28.9 Å². The van der Waals surface area contributed by atoms with Gasteiger partial charge in [-0.1, -0.05) is 0 Å². The van der Waals surface area contributed by atoms with Crippen LogP contribution in [0.2, 0.25) is 0 Å². The number of aryl methyl sites for hydroxylation is 1. The zero-order valence-corrected chi connectivity index (χ0v) is 13.6. The first kappa shape index (κ1) is 14.5. The van der Waals surface area contributed by atoms with Crippen molar-refractivity contribution in [3.8, 4) is 5.69 Å². The van der Waals surface area contributed by atoms with Crippen LogP contribution in [0.1, 0.15) is 29.2 Å². The average molecular weight is 376 g/mol. The summed E-state index contributed by atoms with van der Waals surface area (Å²) in [6.07, 6.45) is 7.06. The van der Waals surface area contributed by atoms with Gasteiger partial charge in [-0.2, -0.15) is 5.10 Å². The maximum absolute atomic E-state index is 13.5. The molecule has 3 aromatic rings. The quantitative estimate of drug-likeness (QED) is 0.665. The number of hydrogen-bond acceptors (Lipinski definition) is 2. The number of hydrogen-bond donors (Lipinski definition) is 0. The molecule has 0 saturated carbocycles. The summed E-state index contributed by atoms with van der Waals surface area (Å²) in [4.78, 5) is 4.14. The molecule has 0 spiro atoms. The molecule has 1 atom stereocenters. The van der Waals surface area contributed by atoms with Crippen LogP contribution < -0.4 is 0 Å². The van der Waals surface area contributed by atoms with Gasteiger partial charge in [0.1, 0.15) is 11.6 Å². The molecule has 2 heterocycles. The molecule has 23 heavy (non-hydrogen) atoms. The summed E-state index contributed by atoms with van der Waals surface area (Å²) >= 11 is 3.39. The molecule has 0 radical (unpaired) electrons. The summed E-state index contributed by atoms with van der Waals surface area (Å²) in [5.41, 5.74) is 3.48. The van der Waals surface area contributed by atoms with Gasteiger partial charge >= 0.3 is 0 Å². The van der Waals surface area contributed by atoms with Crippen molar-refractivity contribution in [2.24, 2.45) is 0 Å². The van der Waals surface area contributed by atoms with E-state index in [0.717, 1.165) is 40.3 Å². The Labute approximate surface area is 140 Å². The summed E-state index contributed by atoms with van der Waals surface area (Å²) in [5, 5.41) is 4.63. The molecule has 6 heteroatoms. The first-order valence-electron chi connectivity index (χ1n) is 7.25. The van der Waals surface area contributed by atoms with Crippen LogP contribution in [-0.4, -0.2) is 14.8 Å². The van der Waals surface area contributed by atoms with Crippen LogP contribution in [0.4, 0.5) is 8.78 Å². The smallest absolute Gasteiger partial charge is 0.126 e. The Morgan fingerprint density at radius 2 is 1.87 bits per heavy atom. The lowest BCUT2D eigenvalue weighted by Gasteiger charge is -2.10. The van der Waals surface area contributed by atoms with Crippen LogP contribution in [0.3, 0.4) is 0 Å². The van der Waals surface area contributed by atoms with Gasteiger partial charge in [-0.05, 0) is 58.1 Å². The third-order valence-electron chi connectivity index (χ3n) is 4.10. The van der Waals surface area contributed by atoms with E-state index in [0.29, 0.717) is 5.56 Å². The molecule has 1 aromatic carbocycles. The molecule has 1 aliphatic rings. The van der Waals surface area contributed by atoms with Crippen molar-refractivity contribution < 1.29 is 8.78 Å². The average Bonchev–Trinajstić information content (AvgIpc) is 3.06. The van der Waals surface area contributed by atoms with E-state index < -0.39 is 11.6 Å². The summed E-state index contributed by atoms with van der Waals surface area (Å²) < 4.78 is 29.6. The normalized spacial score (nSPS) is 16.6. The number of benzene rings is 1. The van der Waals surface area contributed by atoms with Crippen molar-refractivity contribution in [2.45, 2.75) is 18.8 Å². The molecule has 1 aliphatic carbocycles. The minimum absolute atomic E-state index is 0.0726. The second-order valence-electron chi connectivity index (χ2n) is 5.64. The lowest BCUT2D eigenvalue weighted by molar-refractivity contribution is 0.575. The molecule has 0 N–H and O–H groups in total. The first-order valence-corrected chi connectivity index (χ1v) is 8.05. The Balaban J connectivity index is 1.74. The fourth-order valence-electron chi connectivity index (χ4n) is 3.10. The molecule has 0 aliphatic heterocycles. The second-order valence-corrected chi connectivity index (χ2v) is 6.56. The highest BCUT2D eigenvalue weighted by Gasteiger charge is 2.28. The first-order chi connectivity index (χ1) is 11.1. The topological polar surface area (TPSA) is 30.7 Å². The van der Waals surface area contributed by atoms with Gasteiger partial charge in [0.15, 0.2) is 0 Å². The van der Waals surface area contributed by atoms with Crippen molar-refractivity contribution >= 4 is 15.9 Å².